The molecule has 2 aromatic heterocycles. The molecular weight excluding hydrogens is 252 g/mol. The molecule has 0 saturated heterocycles. The first-order chi connectivity index (χ1) is 8.66. The van der Waals surface area contributed by atoms with E-state index in [0.29, 0.717) is 18.1 Å². The van der Waals surface area contributed by atoms with E-state index in [1.165, 1.54) is 12.3 Å². The number of nitrogen functional groups attached to an aromatic ring is 1. The average molecular weight is 264 g/mol. The third kappa shape index (κ3) is 2.95. The maximum absolute atomic E-state index is 11.0. The molecular formula is C11H12N4O2S. The highest BCUT2D eigenvalue weighted by molar-refractivity contribution is 7.09. The smallest absolute Gasteiger partial charge is 0.339 e. The summed E-state index contributed by atoms with van der Waals surface area (Å²) in [6.07, 6.45) is 3.89. The van der Waals surface area contributed by atoms with Crippen molar-refractivity contribution < 1.29 is 9.90 Å². The number of carboxylic acids is 1. The quantitative estimate of drug-likeness (QED) is 0.756. The fraction of sp³-hybridized carbons (Fsp3) is 0.182. The summed E-state index contributed by atoms with van der Waals surface area (Å²) in [5.74, 6) is -0.722. The summed E-state index contributed by atoms with van der Waals surface area (Å²) in [6.45, 7) is 0.574. The van der Waals surface area contributed by atoms with Gasteiger partial charge in [-0.05, 0) is 6.07 Å². The lowest BCUT2D eigenvalue weighted by Gasteiger charge is -2.08. The molecule has 0 amide bonds. The van der Waals surface area contributed by atoms with Crippen LogP contribution in [0.3, 0.4) is 0 Å². The molecule has 0 spiro atoms. The molecule has 0 aliphatic heterocycles. The van der Waals surface area contributed by atoms with Crippen molar-refractivity contribution >= 4 is 28.8 Å². The number of nitrogens with one attached hydrogen (secondary N) is 1. The van der Waals surface area contributed by atoms with Crippen LogP contribution in [-0.2, 0) is 6.42 Å². The van der Waals surface area contributed by atoms with Gasteiger partial charge in [-0.2, -0.15) is 0 Å². The lowest BCUT2D eigenvalue weighted by atomic mass is 10.2. The lowest BCUT2D eigenvalue weighted by Crippen LogP contribution is -2.11. The van der Waals surface area contributed by atoms with Crippen molar-refractivity contribution in [2.24, 2.45) is 0 Å². The summed E-state index contributed by atoms with van der Waals surface area (Å²) in [4.78, 5) is 19.1. The van der Waals surface area contributed by atoms with Crippen LogP contribution in [0, 0.1) is 0 Å². The van der Waals surface area contributed by atoms with Crippen LogP contribution in [0.4, 0.5) is 11.5 Å². The Balaban J connectivity index is 2.02. The number of pyridine rings is 1. The summed E-state index contributed by atoms with van der Waals surface area (Å²) < 4.78 is 0. The molecule has 7 heteroatoms. The van der Waals surface area contributed by atoms with Crippen LogP contribution in [0.2, 0.25) is 0 Å². The molecule has 4 N–H and O–H groups in total. The van der Waals surface area contributed by atoms with E-state index in [0.717, 1.165) is 11.4 Å². The first kappa shape index (κ1) is 12.3. The van der Waals surface area contributed by atoms with E-state index in [1.807, 2.05) is 5.38 Å². The molecule has 0 aliphatic carbocycles. The van der Waals surface area contributed by atoms with Gasteiger partial charge in [-0.25, -0.2) is 14.8 Å². The number of hydrogen-bond donors (Lipinski definition) is 3. The molecule has 0 bridgehead atoms. The standard InChI is InChI=1S/C11H12N4O2S/c12-7-5-8(11(16)17)10(15-6-7)14-2-1-9-13-3-4-18-9/h3-6H,1-2,12H2,(H,14,15)(H,16,17). The number of thiazole rings is 1. The fourth-order valence-electron chi connectivity index (χ4n) is 1.45. The van der Waals surface area contributed by atoms with E-state index in [9.17, 15) is 4.79 Å². The Morgan fingerprint density at radius 1 is 1.50 bits per heavy atom. The minimum Gasteiger partial charge on any atom is -0.478 e. The third-order valence-corrected chi connectivity index (χ3v) is 3.09. The zero-order valence-electron chi connectivity index (χ0n) is 9.46. The van der Waals surface area contributed by atoms with Crippen molar-refractivity contribution in [2.75, 3.05) is 17.6 Å². The van der Waals surface area contributed by atoms with Crippen molar-refractivity contribution in [1.82, 2.24) is 9.97 Å². The maximum Gasteiger partial charge on any atom is 0.339 e. The van der Waals surface area contributed by atoms with Crippen molar-refractivity contribution in [3.8, 4) is 0 Å². The first-order valence-electron chi connectivity index (χ1n) is 5.28. The average Bonchev–Trinajstić information content (AvgIpc) is 2.84. The zero-order chi connectivity index (χ0) is 13.0. The highest BCUT2D eigenvalue weighted by Crippen LogP contribution is 2.15. The Labute approximate surface area is 108 Å². The summed E-state index contributed by atoms with van der Waals surface area (Å²) >= 11 is 1.56. The van der Waals surface area contributed by atoms with Gasteiger partial charge < -0.3 is 16.2 Å². The highest BCUT2D eigenvalue weighted by Gasteiger charge is 2.11. The molecule has 0 atom stereocenters. The normalized spacial score (nSPS) is 10.2. The van der Waals surface area contributed by atoms with Gasteiger partial charge in [-0.15, -0.1) is 11.3 Å². The van der Waals surface area contributed by atoms with Gasteiger partial charge in [0.15, 0.2) is 0 Å². The Hall–Kier alpha value is -2.15. The number of carboxylic acid groups (broad SMARTS) is 1. The number of aromatic nitrogens is 2. The predicted octanol–water partition coefficient (Wildman–Crippen LogP) is 1.47. The topological polar surface area (TPSA) is 101 Å². The van der Waals surface area contributed by atoms with Gasteiger partial charge in [0.1, 0.15) is 11.4 Å². The van der Waals surface area contributed by atoms with E-state index in [1.54, 1.807) is 17.5 Å². The highest BCUT2D eigenvalue weighted by atomic mass is 32.1. The van der Waals surface area contributed by atoms with Gasteiger partial charge in [-0.1, -0.05) is 0 Å². The fourth-order valence-corrected chi connectivity index (χ4v) is 2.07. The van der Waals surface area contributed by atoms with Crippen LogP contribution in [0.1, 0.15) is 15.4 Å². The second-order valence-corrected chi connectivity index (χ2v) is 4.55. The van der Waals surface area contributed by atoms with Crippen molar-refractivity contribution in [2.45, 2.75) is 6.42 Å². The van der Waals surface area contributed by atoms with Gasteiger partial charge in [0.2, 0.25) is 0 Å². The number of anilines is 2. The molecule has 0 unspecified atom stereocenters. The molecule has 0 fully saturated rings. The zero-order valence-corrected chi connectivity index (χ0v) is 10.3. The van der Waals surface area contributed by atoms with E-state index >= 15 is 0 Å². The van der Waals surface area contributed by atoms with Gasteiger partial charge in [0, 0.05) is 24.5 Å². The monoisotopic (exact) mass is 264 g/mol. The van der Waals surface area contributed by atoms with Gasteiger partial charge in [0.25, 0.3) is 0 Å². The summed E-state index contributed by atoms with van der Waals surface area (Å²) in [6, 6.07) is 1.39. The van der Waals surface area contributed by atoms with Gasteiger partial charge >= 0.3 is 5.97 Å². The van der Waals surface area contributed by atoms with E-state index in [-0.39, 0.29) is 5.56 Å². The number of nitrogens with two attached hydrogens (primary N) is 1. The summed E-state index contributed by atoms with van der Waals surface area (Å²) in [5, 5.41) is 14.9. The lowest BCUT2D eigenvalue weighted by molar-refractivity contribution is 0.0697. The Morgan fingerprint density at radius 3 is 3.00 bits per heavy atom. The summed E-state index contributed by atoms with van der Waals surface area (Å²) in [5.41, 5.74) is 5.92. The molecule has 0 aromatic carbocycles. The molecule has 6 nitrogen and oxygen atoms in total. The van der Waals surface area contributed by atoms with E-state index in [4.69, 9.17) is 10.8 Å². The number of hydrogen-bond acceptors (Lipinski definition) is 6. The third-order valence-electron chi connectivity index (χ3n) is 2.25. The van der Waals surface area contributed by atoms with Gasteiger partial charge in [-0.3, -0.25) is 0 Å². The van der Waals surface area contributed by atoms with E-state index in [2.05, 4.69) is 15.3 Å². The first-order valence-corrected chi connectivity index (χ1v) is 6.16. The minimum atomic E-state index is -1.05. The Kier molecular flexibility index (Phi) is 3.73. The second-order valence-electron chi connectivity index (χ2n) is 3.57. The molecule has 0 saturated carbocycles. The van der Waals surface area contributed by atoms with Crippen LogP contribution >= 0.6 is 11.3 Å². The summed E-state index contributed by atoms with van der Waals surface area (Å²) in [7, 11) is 0. The van der Waals surface area contributed by atoms with Crippen LogP contribution < -0.4 is 11.1 Å². The second kappa shape index (κ2) is 5.46. The van der Waals surface area contributed by atoms with Crippen molar-refractivity contribution in [3.05, 3.63) is 34.4 Å². The molecule has 18 heavy (non-hydrogen) atoms. The molecule has 2 rings (SSSR count). The molecule has 0 radical (unpaired) electrons. The van der Waals surface area contributed by atoms with Gasteiger partial charge in [0.05, 0.1) is 16.9 Å². The van der Waals surface area contributed by atoms with Crippen LogP contribution in [0.25, 0.3) is 0 Å². The number of nitrogens with zero attached hydrogens (tertiary/aromatic N) is 2. The number of carbonyl (C=O) groups is 1. The van der Waals surface area contributed by atoms with Crippen molar-refractivity contribution in [1.29, 1.82) is 0 Å². The minimum absolute atomic E-state index is 0.0779. The van der Waals surface area contributed by atoms with Crippen LogP contribution in [-0.4, -0.2) is 27.6 Å². The van der Waals surface area contributed by atoms with E-state index < -0.39 is 5.97 Å². The SMILES string of the molecule is Nc1cnc(NCCc2nccs2)c(C(=O)O)c1. The number of rotatable bonds is 5. The maximum atomic E-state index is 11.0. The molecule has 0 aliphatic rings. The Morgan fingerprint density at radius 2 is 2.33 bits per heavy atom. The molecule has 2 aromatic rings. The van der Waals surface area contributed by atoms with Crippen LogP contribution in [0.15, 0.2) is 23.8 Å². The Bertz CT molecular complexity index is 542. The largest absolute Gasteiger partial charge is 0.478 e. The number of aromatic carboxylic acids is 1. The molecule has 2 heterocycles. The van der Waals surface area contributed by atoms with Crippen molar-refractivity contribution in [3.63, 3.8) is 0 Å². The molecule has 94 valence electrons. The van der Waals surface area contributed by atoms with Crippen LogP contribution in [0.5, 0.6) is 0 Å². The predicted molar refractivity (Wildman–Crippen MR) is 69.9 cm³/mol.